The number of benzene rings is 6. The molecule has 58 heavy (non-hydrogen) atoms. The van der Waals surface area contributed by atoms with Gasteiger partial charge in [0.1, 0.15) is 29.1 Å². The highest BCUT2D eigenvalue weighted by Gasteiger charge is 2.63. The van der Waals surface area contributed by atoms with Gasteiger partial charge in [-0.3, -0.25) is 0 Å². The van der Waals surface area contributed by atoms with E-state index in [0.29, 0.717) is 29.8 Å². The zero-order valence-corrected chi connectivity index (χ0v) is 34.9. The van der Waals surface area contributed by atoms with Crippen molar-refractivity contribution in [1.29, 1.82) is 0 Å². The van der Waals surface area contributed by atoms with Gasteiger partial charge in [0.05, 0.1) is 6.61 Å². The fourth-order valence-electron chi connectivity index (χ4n) is 12.3. The van der Waals surface area contributed by atoms with Gasteiger partial charge in [0.15, 0.2) is 0 Å². The van der Waals surface area contributed by atoms with Crippen LogP contribution in [0.2, 0.25) is 0 Å². The molecule has 0 N–H and O–H groups in total. The van der Waals surface area contributed by atoms with E-state index in [1.807, 2.05) is 0 Å². The Morgan fingerprint density at radius 2 is 1.07 bits per heavy atom. The molecular weight excluding hydrogens is 709 g/mol. The van der Waals surface area contributed by atoms with Crippen LogP contribution >= 0.6 is 0 Å². The fraction of sp³-hybridized carbons (Fsp3) is 0.418. The standard InChI is InChI=1S/C55H60O3/c1-34(2)33-56-48-18-11-37(12-19-48)35(3)25-45(39-15-22-50(23-16-39)58-53-32-47-31-52(53)55-44-10-9-43(29-44)54(47)55)26-36(4)38-13-20-49(21-14-38)57-51-24-17-42-27-40-7-5-6-8-41(40)28-46(42)30-51/h5-8,11-24,27-28,30,34-36,43-45,47,52-55H,9-10,25-26,29,31-33H2,1-4H3. The molecule has 6 aromatic carbocycles. The summed E-state index contributed by atoms with van der Waals surface area (Å²) >= 11 is 0. The summed E-state index contributed by atoms with van der Waals surface area (Å²) in [6.45, 7) is 9.90. The third-order valence-electron chi connectivity index (χ3n) is 15.0. The summed E-state index contributed by atoms with van der Waals surface area (Å²) in [4.78, 5) is 0. The second-order valence-electron chi connectivity index (χ2n) is 19.2. The monoisotopic (exact) mass is 768 g/mol. The molecule has 0 aliphatic heterocycles. The second-order valence-corrected chi connectivity index (χ2v) is 19.2. The Morgan fingerprint density at radius 1 is 0.500 bits per heavy atom. The van der Waals surface area contributed by atoms with Crippen LogP contribution < -0.4 is 14.2 Å². The molecule has 298 valence electrons. The number of rotatable bonds is 14. The average molecular weight is 769 g/mol. The largest absolute Gasteiger partial charge is 0.493 e. The molecule has 0 heterocycles. The van der Waals surface area contributed by atoms with Crippen LogP contribution in [0.3, 0.4) is 0 Å². The first-order chi connectivity index (χ1) is 28.3. The van der Waals surface area contributed by atoms with Crippen molar-refractivity contribution in [2.45, 2.75) is 96.5 Å². The molecule has 4 bridgehead atoms. The van der Waals surface area contributed by atoms with E-state index in [0.717, 1.165) is 78.0 Å². The number of hydrogen-bond acceptors (Lipinski definition) is 3. The lowest BCUT2D eigenvalue weighted by atomic mass is 9.70. The van der Waals surface area contributed by atoms with Crippen LogP contribution in [-0.2, 0) is 0 Å². The van der Waals surface area contributed by atoms with Crippen molar-refractivity contribution in [1.82, 2.24) is 0 Å². The van der Waals surface area contributed by atoms with Crippen molar-refractivity contribution in [3.8, 4) is 23.0 Å². The predicted molar refractivity (Wildman–Crippen MR) is 238 cm³/mol. The van der Waals surface area contributed by atoms with E-state index < -0.39 is 0 Å². The second kappa shape index (κ2) is 15.8. The Labute approximate surface area is 346 Å². The summed E-state index contributed by atoms with van der Waals surface area (Å²) in [5, 5.41) is 4.92. The van der Waals surface area contributed by atoms with E-state index in [1.165, 1.54) is 70.3 Å². The van der Waals surface area contributed by atoms with Crippen LogP contribution in [0.4, 0.5) is 0 Å². The van der Waals surface area contributed by atoms with Crippen LogP contribution in [0.1, 0.15) is 107 Å². The molecule has 10 atom stereocenters. The Kier molecular flexibility index (Phi) is 10.2. The molecule has 0 saturated heterocycles. The summed E-state index contributed by atoms with van der Waals surface area (Å²) in [6, 6.07) is 46.4. The van der Waals surface area contributed by atoms with Gasteiger partial charge in [0, 0.05) is 0 Å². The predicted octanol–water partition coefficient (Wildman–Crippen LogP) is 14.7. The Morgan fingerprint density at radius 3 is 1.74 bits per heavy atom. The first-order valence-electron chi connectivity index (χ1n) is 22.5. The van der Waals surface area contributed by atoms with E-state index in [-0.39, 0.29) is 0 Å². The van der Waals surface area contributed by atoms with Crippen molar-refractivity contribution < 1.29 is 14.2 Å². The Balaban J connectivity index is 0.834. The lowest BCUT2D eigenvalue weighted by Crippen LogP contribution is -2.37. The van der Waals surface area contributed by atoms with E-state index >= 15 is 0 Å². The van der Waals surface area contributed by atoms with Crippen LogP contribution in [0, 0.1) is 41.4 Å². The number of fused-ring (bicyclic) bond motifs is 11. The van der Waals surface area contributed by atoms with E-state index in [9.17, 15) is 0 Å². The summed E-state index contributed by atoms with van der Waals surface area (Å²) in [5.74, 6) is 11.1. The van der Waals surface area contributed by atoms with Crippen molar-refractivity contribution in [3.63, 3.8) is 0 Å². The molecule has 0 spiro atoms. The molecule has 10 rings (SSSR count). The van der Waals surface area contributed by atoms with Crippen LogP contribution in [0.5, 0.6) is 23.0 Å². The third kappa shape index (κ3) is 7.51. The van der Waals surface area contributed by atoms with Gasteiger partial charge in [-0.15, -0.1) is 0 Å². The number of hydrogen-bond donors (Lipinski definition) is 0. The SMILES string of the molecule is CC(C)COc1ccc(C(C)CC(CC(C)c2ccc(Oc3ccc4cc5ccccc5cc4c3)cc2)c2ccc(OC3CC4CC3C3C5CCC(C5)C43)cc2)cc1. The third-order valence-corrected chi connectivity index (χ3v) is 15.0. The normalized spacial score (nSPS) is 25.9. The molecule has 6 aromatic rings. The van der Waals surface area contributed by atoms with E-state index in [2.05, 4.69) is 155 Å². The maximum Gasteiger partial charge on any atom is 0.128 e. The molecule has 4 saturated carbocycles. The first kappa shape index (κ1) is 37.5. The Hall–Kier alpha value is -4.76. The van der Waals surface area contributed by atoms with E-state index in [4.69, 9.17) is 14.2 Å². The molecule has 10 unspecified atom stereocenters. The summed E-state index contributed by atoms with van der Waals surface area (Å²) in [7, 11) is 0. The summed E-state index contributed by atoms with van der Waals surface area (Å²) < 4.78 is 19.3. The molecule has 4 fully saturated rings. The lowest BCUT2D eigenvalue weighted by Gasteiger charge is -2.38. The minimum atomic E-state index is 0.381. The van der Waals surface area contributed by atoms with Gasteiger partial charge in [0.2, 0.25) is 0 Å². The highest BCUT2D eigenvalue weighted by atomic mass is 16.5. The highest BCUT2D eigenvalue weighted by molar-refractivity contribution is 5.98. The van der Waals surface area contributed by atoms with Gasteiger partial charge >= 0.3 is 0 Å². The van der Waals surface area contributed by atoms with Gasteiger partial charge in [-0.1, -0.05) is 94.4 Å². The molecule has 3 nitrogen and oxygen atoms in total. The van der Waals surface area contributed by atoms with Gasteiger partial charge in [0.25, 0.3) is 0 Å². The molecule has 4 aliphatic carbocycles. The molecular formula is C55H60O3. The van der Waals surface area contributed by atoms with Gasteiger partial charge in [-0.05, 0) is 203 Å². The highest BCUT2D eigenvalue weighted by Crippen LogP contribution is 2.67. The van der Waals surface area contributed by atoms with Gasteiger partial charge < -0.3 is 14.2 Å². The van der Waals surface area contributed by atoms with Crippen molar-refractivity contribution in [2.24, 2.45) is 41.4 Å². The maximum atomic E-state index is 6.87. The quantitative estimate of drug-likeness (QED) is 0.0816. The minimum Gasteiger partial charge on any atom is -0.493 e. The molecule has 3 heteroatoms. The topological polar surface area (TPSA) is 27.7 Å². The zero-order chi connectivity index (χ0) is 39.3. The first-order valence-corrected chi connectivity index (χ1v) is 22.5. The van der Waals surface area contributed by atoms with Crippen molar-refractivity contribution in [2.75, 3.05) is 6.61 Å². The van der Waals surface area contributed by atoms with Crippen molar-refractivity contribution in [3.05, 3.63) is 144 Å². The Bertz CT molecular complexity index is 2340. The van der Waals surface area contributed by atoms with E-state index in [1.54, 1.807) is 0 Å². The lowest BCUT2D eigenvalue weighted by molar-refractivity contribution is 0.0444. The molecule has 0 radical (unpaired) electrons. The van der Waals surface area contributed by atoms with Crippen LogP contribution in [-0.4, -0.2) is 12.7 Å². The molecule has 0 amide bonds. The maximum absolute atomic E-state index is 6.87. The molecule has 0 aromatic heterocycles. The van der Waals surface area contributed by atoms with Crippen LogP contribution in [0.15, 0.2) is 127 Å². The molecule has 4 aliphatic rings. The summed E-state index contributed by atoms with van der Waals surface area (Å²) in [5.41, 5.74) is 4.12. The fourth-order valence-corrected chi connectivity index (χ4v) is 12.3. The average Bonchev–Trinajstić information content (AvgIpc) is 4.05. The van der Waals surface area contributed by atoms with Crippen LogP contribution in [0.25, 0.3) is 21.5 Å². The smallest absolute Gasteiger partial charge is 0.128 e. The van der Waals surface area contributed by atoms with Gasteiger partial charge in [-0.25, -0.2) is 0 Å². The van der Waals surface area contributed by atoms with Crippen molar-refractivity contribution >= 4 is 21.5 Å². The minimum absolute atomic E-state index is 0.381. The number of ether oxygens (including phenoxy) is 3. The zero-order valence-electron chi connectivity index (χ0n) is 34.9. The van der Waals surface area contributed by atoms with Gasteiger partial charge in [-0.2, -0.15) is 0 Å². The summed E-state index contributed by atoms with van der Waals surface area (Å²) in [6.07, 6.45) is 9.74.